The molecule has 1 saturated carbocycles. The lowest BCUT2D eigenvalue weighted by Gasteiger charge is -2.40. The number of hydrogen-bond acceptors (Lipinski definition) is 7. The number of sulfonamides is 1. The Labute approximate surface area is 223 Å². The monoisotopic (exact) mass is 538 g/mol. The van der Waals surface area contributed by atoms with Gasteiger partial charge in [0, 0.05) is 45.8 Å². The zero-order chi connectivity index (χ0) is 27.2. The number of hydrogen-bond donors (Lipinski definition) is 0. The van der Waals surface area contributed by atoms with E-state index in [4.69, 9.17) is 9.47 Å². The van der Waals surface area contributed by atoms with Crippen LogP contribution in [0.25, 0.3) is 0 Å². The summed E-state index contributed by atoms with van der Waals surface area (Å²) in [6.07, 6.45) is 5.56. The Balaban J connectivity index is 1.47. The van der Waals surface area contributed by atoms with Crippen molar-refractivity contribution in [2.45, 2.75) is 62.9 Å². The maximum Gasteiger partial charge on any atom is 0.248 e. The molecule has 0 unspecified atom stereocenters. The topological polar surface area (TPSA) is 82.6 Å². The van der Waals surface area contributed by atoms with Crippen LogP contribution in [0.1, 0.15) is 43.2 Å². The van der Waals surface area contributed by atoms with E-state index < -0.39 is 10.0 Å². The number of likely N-dealkylation sites (N-methyl/N-ethyl adjacent to an activating group) is 3. The first-order chi connectivity index (χ1) is 17.5. The molecule has 1 aliphatic carbocycles. The minimum atomic E-state index is -3.69. The summed E-state index contributed by atoms with van der Waals surface area (Å²) in [5.41, 5.74) is 1.28. The van der Waals surface area contributed by atoms with E-state index in [2.05, 4.69) is 16.8 Å². The molecular weight excluding hydrogens is 492 g/mol. The van der Waals surface area contributed by atoms with E-state index in [0.717, 1.165) is 45.4 Å². The highest BCUT2D eigenvalue weighted by molar-refractivity contribution is 7.89. The Hall–Kier alpha value is -1.72. The van der Waals surface area contributed by atoms with Crippen LogP contribution < -0.4 is 4.74 Å². The Morgan fingerprint density at radius 2 is 1.76 bits per heavy atom. The van der Waals surface area contributed by atoms with Crippen LogP contribution in [0.4, 0.5) is 0 Å². The first-order valence-corrected chi connectivity index (χ1v) is 14.9. The molecular formula is C27H46N4O5S. The first kappa shape index (κ1) is 29.8. The van der Waals surface area contributed by atoms with Crippen molar-refractivity contribution in [2.24, 2.45) is 0 Å². The summed E-state index contributed by atoms with van der Waals surface area (Å²) in [7, 11) is 3.48. The maximum absolute atomic E-state index is 13.2. The molecule has 0 aromatic heterocycles. The Kier molecular flexibility index (Phi) is 10.8. The molecule has 2 atom stereocenters. The third kappa shape index (κ3) is 7.66. The molecule has 1 aromatic carbocycles. The van der Waals surface area contributed by atoms with E-state index in [1.54, 1.807) is 40.1 Å². The second kappa shape index (κ2) is 13.4. The number of carbonyl (C=O) groups is 1. The largest absolute Gasteiger partial charge is 0.497 e. The molecule has 1 aliphatic heterocycles. The molecule has 1 amide bonds. The van der Waals surface area contributed by atoms with Gasteiger partial charge in [-0.05, 0) is 89.3 Å². The molecule has 9 nitrogen and oxygen atoms in total. The molecule has 0 N–H and O–H groups in total. The lowest BCUT2D eigenvalue weighted by Crippen LogP contribution is -2.48. The third-order valence-corrected chi connectivity index (χ3v) is 10.1. The van der Waals surface area contributed by atoms with Gasteiger partial charge in [-0.15, -0.1) is 0 Å². The highest BCUT2D eigenvalue weighted by Gasteiger charge is 2.31. The molecule has 3 rings (SSSR count). The number of rotatable bonds is 10. The van der Waals surface area contributed by atoms with Crippen LogP contribution in [-0.2, 0) is 19.6 Å². The number of benzene rings is 1. The standard InChI is InChI=1S/C27H46N4O5S/c1-21-17-25(35-6)18-22(2)27(21)37(33,34)29(4)15-16-36-20-26(32)30(5)23-9-7-10-24(19-23)31-12-8-11-28(3)13-14-31/h17-18,23-24H,7-16,19-20H2,1-6H3/t23-,24+/m0/s1. The Morgan fingerprint density at radius 1 is 1.05 bits per heavy atom. The van der Waals surface area contributed by atoms with Crippen molar-refractivity contribution >= 4 is 15.9 Å². The Morgan fingerprint density at radius 3 is 2.43 bits per heavy atom. The molecule has 2 aliphatic rings. The van der Waals surface area contributed by atoms with Gasteiger partial charge < -0.3 is 19.3 Å². The summed E-state index contributed by atoms with van der Waals surface area (Å²) in [4.78, 5) is 20.0. The predicted molar refractivity (Wildman–Crippen MR) is 146 cm³/mol. The van der Waals surface area contributed by atoms with Crippen LogP contribution in [0.3, 0.4) is 0 Å². The molecule has 10 heteroatoms. The average molecular weight is 539 g/mol. The van der Waals surface area contributed by atoms with Gasteiger partial charge in [-0.2, -0.15) is 4.31 Å². The fraction of sp³-hybridized carbons (Fsp3) is 0.741. The van der Waals surface area contributed by atoms with E-state index in [0.29, 0.717) is 22.9 Å². The van der Waals surface area contributed by atoms with Crippen molar-refractivity contribution in [3.05, 3.63) is 23.3 Å². The molecule has 1 aromatic rings. The number of methoxy groups -OCH3 is 1. The summed E-state index contributed by atoms with van der Waals surface area (Å²) in [5, 5.41) is 0. The smallest absolute Gasteiger partial charge is 0.248 e. The van der Waals surface area contributed by atoms with Crippen LogP contribution in [0.5, 0.6) is 5.75 Å². The van der Waals surface area contributed by atoms with Crippen LogP contribution >= 0.6 is 0 Å². The van der Waals surface area contributed by atoms with Gasteiger partial charge in [0.15, 0.2) is 0 Å². The molecule has 1 saturated heterocycles. The normalized spacial score (nSPS) is 22.1. The average Bonchev–Trinajstić information content (AvgIpc) is 3.09. The van der Waals surface area contributed by atoms with Crippen molar-refractivity contribution in [3.63, 3.8) is 0 Å². The van der Waals surface area contributed by atoms with E-state index in [1.165, 1.54) is 17.1 Å². The highest BCUT2D eigenvalue weighted by atomic mass is 32.2. The quantitative estimate of drug-likeness (QED) is 0.423. The summed E-state index contributed by atoms with van der Waals surface area (Å²) in [6.45, 7) is 8.29. The fourth-order valence-corrected chi connectivity index (χ4v) is 7.18. The fourth-order valence-electron chi connectivity index (χ4n) is 5.62. The zero-order valence-corrected chi connectivity index (χ0v) is 24.3. The molecule has 210 valence electrons. The van der Waals surface area contributed by atoms with E-state index in [1.807, 2.05) is 11.9 Å². The number of nitrogens with zero attached hydrogens (tertiary/aromatic N) is 4. The number of ether oxygens (including phenoxy) is 2. The lowest BCUT2D eigenvalue weighted by atomic mass is 9.89. The molecule has 2 fully saturated rings. The first-order valence-electron chi connectivity index (χ1n) is 13.4. The van der Waals surface area contributed by atoms with Gasteiger partial charge in [-0.25, -0.2) is 8.42 Å². The van der Waals surface area contributed by atoms with Gasteiger partial charge in [-0.3, -0.25) is 9.69 Å². The van der Waals surface area contributed by atoms with E-state index in [9.17, 15) is 13.2 Å². The van der Waals surface area contributed by atoms with E-state index >= 15 is 0 Å². The number of amides is 1. The van der Waals surface area contributed by atoms with E-state index in [-0.39, 0.29) is 36.6 Å². The number of aryl methyl sites for hydroxylation is 2. The molecule has 37 heavy (non-hydrogen) atoms. The van der Waals surface area contributed by atoms with Crippen LogP contribution in [-0.4, -0.2) is 120 Å². The summed E-state index contributed by atoms with van der Waals surface area (Å²) in [6, 6.07) is 4.20. The van der Waals surface area contributed by atoms with Crippen molar-refractivity contribution in [2.75, 3.05) is 74.2 Å². The predicted octanol–water partition coefficient (Wildman–Crippen LogP) is 2.36. The second-order valence-corrected chi connectivity index (χ2v) is 12.6. The SMILES string of the molecule is COc1cc(C)c(S(=O)(=O)N(C)CCOCC(=O)N(C)[C@H]2CCC[C@@H](N3CCCN(C)CC3)C2)c(C)c1. The van der Waals surface area contributed by atoms with Crippen molar-refractivity contribution in [1.82, 2.24) is 19.0 Å². The number of carbonyl (C=O) groups excluding carboxylic acids is 1. The Bertz CT molecular complexity index is 995. The van der Waals surface area contributed by atoms with Gasteiger partial charge in [0.1, 0.15) is 12.4 Å². The second-order valence-electron chi connectivity index (χ2n) is 10.6. The molecule has 0 bridgehead atoms. The van der Waals surface area contributed by atoms with Gasteiger partial charge in [-0.1, -0.05) is 0 Å². The minimum Gasteiger partial charge on any atom is -0.497 e. The minimum absolute atomic E-state index is 0.0410. The zero-order valence-electron chi connectivity index (χ0n) is 23.5. The van der Waals surface area contributed by atoms with Crippen molar-refractivity contribution < 1.29 is 22.7 Å². The van der Waals surface area contributed by atoms with Crippen molar-refractivity contribution in [3.8, 4) is 5.75 Å². The lowest BCUT2D eigenvalue weighted by molar-refractivity contribution is -0.138. The molecule has 0 spiro atoms. The molecule has 1 heterocycles. The molecule has 0 radical (unpaired) electrons. The van der Waals surface area contributed by atoms with Gasteiger partial charge >= 0.3 is 0 Å². The highest BCUT2D eigenvalue weighted by Crippen LogP contribution is 2.28. The summed E-state index contributed by atoms with van der Waals surface area (Å²) in [5.74, 6) is 0.583. The van der Waals surface area contributed by atoms with Gasteiger partial charge in [0.05, 0.1) is 18.6 Å². The van der Waals surface area contributed by atoms with Crippen LogP contribution in [0, 0.1) is 13.8 Å². The maximum atomic E-state index is 13.2. The van der Waals surface area contributed by atoms with Gasteiger partial charge in [0.25, 0.3) is 0 Å². The third-order valence-electron chi connectivity index (χ3n) is 7.94. The summed E-state index contributed by atoms with van der Waals surface area (Å²) >= 11 is 0. The van der Waals surface area contributed by atoms with Crippen LogP contribution in [0.2, 0.25) is 0 Å². The summed E-state index contributed by atoms with van der Waals surface area (Å²) < 4.78 is 38.5. The van der Waals surface area contributed by atoms with Crippen LogP contribution in [0.15, 0.2) is 17.0 Å². The van der Waals surface area contributed by atoms with Gasteiger partial charge in [0.2, 0.25) is 15.9 Å². The van der Waals surface area contributed by atoms with Crippen molar-refractivity contribution in [1.29, 1.82) is 0 Å².